The van der Waals surface area contributed by atoms with Gasteiger partial charge in [0, 0.05) is 4.88 Å². The van der Waals surface area contributed by atoms with Gasteiger partial charge in [0.05, 0.1) is 20.2 Å². The molecule has 3 N–H and O–H groups in total. The molecule has 1 heterocycles. The summed E-state index contributed by atoms with van der Waals surface area (Å²) in [5, 5.41) is 2.19. The topological polar surface area (TPSA) is 64.3 Å². The van der Waals surface area contributed by atoms with E-state index in [1.54, 1.807) is 6.07 Å². The van der Waals surface area contributed by atoms with E-state index in [-0.39, 0.29) is 17.3 Å². The zero-order valence-electron chi connectivity index (χ0n) is 12.3. The molecule has 0 saturated carbocycles. The molecule has 0 bridgehead atoms. The van der Waals surface area contributed by atoms with Gasteiger partial charge in [-0.05, 0) is 11.6 Å². The van der Waals surface area contributed by atoms with Crippen molar-refractivity contribution in [1.29, 1.82) is 0 Å². The van der Waals surface area contributed by atoms with Crippen molar-refractivity contribution in [1.82, 2.24) is 5.32 Å². The van der Waals surface area contributed by atoms with Crippen molar-refractivity contribution in [3.05, 3.63) is 41.3 Å². The molecular formula is C15H17ClF2N2O2S. The number of nitrogens with one attached hydrogen (secondary N) is 1. The summed E-state index contributed by atoms with van der Waals surface area (Å²) in [6, 6.07) is 11.2. The average molecular weight is 363 g/mol. The highest BCUT2D eigenvalue weighted by Gasteiger charge is 2.28. The molecule has 0 atom stereocenters. The lowest BCUT2D eigenvalue weighted by atomic mass is 10.2. The molecule has 8 heteroatoms. The van der Waals surface area contributed by atoms with Crippen LogP contribution in [0.1, 0.15) is 9.67 Å². The maximum atomic E-state index is 13.1. The summed E-state index contributed by atoms with van der Waals surface area (Å²) in [6.45, 7) is -1.62. The summed E-state index contributed by atoms with van der Waals surface area (Å²) in [5.41, 5.74) is 5.87. The first-order valence-electron chi connectivity index (χ1n) is 6.56. The van der Waals surface area contributed by atoms with Crippen LogP contribution in [0.5, 0.6) is 5.75 Å². The van der Waals surface area contributed by atoms with Gasteiger partial charge in [-0.25, -0.2) is 8.78 Å². The molecular weight excluding hydrogens is 346 g/mol. The maximum Gasteiger partial charge on any atom is 0.277 e. The predicted octanol–water partition coefficient (Wildman–Crippen LogP) is 3.17. The van der Waals surface area contributed by atoms with E-state index in [1.807, 2.05) is 30.3 Å². The summed E-state index contributed by atoms with van der Waals surface area (Å²) >= 11 is 1.19. The summed E-state index contributed by atoms with van der Waals surface area (Å²) in [4.78, 5) is 13.2. The van der Waals surface area contributed by atoms with Crippen LogP contribution in [0.2, 0.25) is 0 Å². The van der Waals surface area contributed by atoms with E-state index in [0.717, 1.165) is 10.4 Å². The standard InChI is InChI=1S/C15H16F2N2O2S.ClH/c1-21-11-7-12(10-5-3-2-4-6-10)22-13(11)14(20)19-9-15(16,17)8-18;/h2-7H,8-9,18H2,1H3,(H,19,20);1H. The fraction of sp³-hybridized carbons (Fsp3) is 0.267. The molecule has 1 aromatic carbocycles. The molecule has 23 heavy (non-hydrogen) atoms. The first-order valence-corrected chi connectivity index (χ1v) is 7.38. The van der Waals surface area contributed by atoms with Crippen molar-refractivity contribution in [3.8, 4) is 16.2 Å². The van der Waals surface area contributed by atoms with Gasteiger partial charge in [-0.15, -0.1) is 23.7 Å². The van der Waals surface area contributed by atoms with Gasteiger partial charge in [-0.3, -0.25) is 4.79 Å². The second kappa shape index (κ2) is 8.24. The highest BCUT2D eigenvalue weighted by molar-refractivity contribution is 7.17. The van der Waals surface area contributed by atoms with Crippen LogP contribution in [0.4, 0.5) is 8.78 Å². The molecule has 1 aromatic heterocycles. The summed E-state index contributed by atoms with van der Waals surface area (Å²) in [7, 11) is 1.43. The van der Waals surface area contributed by atoms with Crippen LogP contribution in [0, 0.1) is 0 Å². The quantitative estimate of drug-likeness (QED) is 0.829. The van der Waals surface area contributed by atoms with Gasteiger partial charge < -0.3 is 15.8 Å². The summed E-state index contributed by atoms with van der Waals surface area (Å²) in [6.07, 6.45) is 0. The van der Waals surface area contributed by atoms with Crippen LogP contribution in [0.25, 0.3) is 10.4 Å². The monoisotopic (exact) mass is 362 g/mol. The van der Waals surface area contributed by atoms with Crippen LogP contribution in [-0.2, 0) is 0 Å². The number of carbonyl (C=O) groups is 1. The first-order chi connectivity index (χ1) is 10.5. The van der Waals surface area contributed by atoms with Gasteiger partial charge in [0.2, 0.25) is 0 Å². The number of halogens is 3. The van der Waals surface area contributed by atoms with Crippen LogP contribution < -0.4 is 15.8 Å². The fourth-order valence-electron chi connectivity index (χ4n) is 1.79. The zero-order chi connectivity index (χ0) is 16.2. The van der Waals surface area contributed by atoms with Gasteiger partial charge in [-0.1, -0.05) is 30.3 Å². The third-order valence-corrected chi connectivity index (χ3v) is 4.15. The Kier molecular flexibility index (Phi) is 6.93. The fourth-order valence-corrected chi connectivity index (χ4v) is 2.84. The molecule has 0 unspecified atom stereocenters. The number of thiophene rings is 1. The molecule has 0 aliphatic carbocycles. The Morgan fingerprint density at radius 1 is 1.35 bits per heavy atom. The molecule has 1 amide bonds. The van der Waals surface area contributed by atoms with Crippen LogP contribution >= 0.6 is 23.7 Å². The molecule has 0 aliphatic rings. The second-order valence-electron chi connectivity index (χ2n) is 4.62. The summed E-state index contributed by atoms with van der Waals surface area (Å²) in [5.74, 6) is -3.36. The Morgan fingerprint density at radius 2 is 2.00 bits per heavy atom. The normalized spacial score (nSPS) is 10.8. The van der Waals surface area contributed by atoms with E-state index in [1.165, 1.54) is 18.4 Å². The van der Waals surface area contributed by atoms with Gasteiger partial charge in [-0.2, -0.15) is 0 Å². The third-order valence-electron chi connectivity index (χ3n) is 2.99. The molecule has 2 aromatic rings. The van der Waals surface area contributed by atoms with E-state index < -0.39 is 24.9 Å². The van der Waals surface area contributed by atoms with E-state index in [0.29, 0.717) is 5.75 Å². The van der Waals surface area contributed by atoms with Crippen molar-refractivity contribution in [3.63, 3.8) is 0 Å². The number of amides is 1. The second-order valence-corrected chi connectivity index (χ2v) is 5.67. The number of hydrogen-bond acceptors (Lipinski definition) is 4. The number of nitrogens with two attached hydrogens (primary N) is 1. The number of methoxy groups -OCH3 is 1. The Balaban J connectivity index is 0.00000264. The molecule has 0 spiro atoms. The number of carbonyl (C=O) groups excluding carboxylic acids is 1. The molecule has 0 radical (unpaired) electrons. The lowest BCUT2D eigenvalue weighted by molar-refractivity contribution is 0.0119. The Morgan fingerprint density at radius 3 is 2.57 bits per heavy atom. The Bertz CT molecular complexity index is 650. The largest absolute Gasteiger partial charge is 0.495 e. The minimum absolute atomic E-state index is 0. The lowest BCUT2D eigenvalue weighted by Crippen LogP contribution is -2.41. The SMILES string of the molecule is COc1cc(-c2ccccc2)sc1C(=O)NCC(F)(F)CN.Cl. The summed E-state index contributed by atoms with van der Waals surface area (Å²) < 4.78 is 31.4. The van der Waals surface area contributed by atoms with Crippen molar-refractivity contribution in [2.75, 3.05) is 20.2 Å². The number of hydrogen-bond donors (Lipinski definition) is 2. The van der Waals surface area contributed by atoms with Crippen molar-refractivity contribution in [2.24, 2.45) is 5.73 Å². The van der Waals surface area contributed by atoms with Crippen molar-refractivity contribution in [2.45, 2.75) is 5.92 Å². The number of benzene rings is 1. The van der Waals surface area contributed by atoms with Crippen LogP contribution in [0.3, 0.4) is 0 Å². The van der Waals surface area contributed by atoms with E-state index in [4.69, 9.17) is 10.5 Å². The third kappa shape index (κ3) is 4.89. The molecule has 0 saturated heterocycles. The van der Waals surface area contributed by atoms with Gasteiger partial charge in [0.1, 0.15) is 10.6 Å². The zero-order valence-corrected chi connectivity index (χ0v) is 14.0. The lowest BCUT2D eigenvalue weighted by Gasteiger charge is -2.14. The van der Waals surface area contributed by atoms with E-state index >= 15 is 0 Å². The predicted molar refractivity (Wildman–Crippen MR) is 89.9 cm³/mol. The van der Waals surface area contributed by atoms with E-state index in [9.17, 15) is 13.6 Å². The molecule has 0 fully saturated rings. The highest BCUT2D eigenvalue weighted by atomic mass is 35.5. The molecule has 0 aliphatic heterocycles. The Labute approximate surface area is 143 Å². The molecule has 126 valence electrons. The first kappa shape index (κ1) is 19.3. The smallest absolute Gasteiger partial charge is 0.277 e. The highest BCUT2D eigenvalue weighted by Crippen LogP contribution is 2.36. The Hall–Kier alpha value is -1.70. The van der Waals surface area contributed by atoms with Gasteiger partial charge in [0.15, 0.2) is 0 Å². The van der Waals surface area contributed by atoms with Gasteiger partial charge >= 0.3 is 0 Å². The number of alkyl halides is 2. The van der Waals surface area contributed by atoms with Crippen LogP contribution in [0.15, 0.2) is 36.4 Å². The van der Waals surface area contributed by atoms with Gasteiger partial charge in [0.25, 0.3) is 11.8 Å². The number of ether oxygens (including phenoxy) is 1. The minimum atomic E-state index is -3.12. The minimum Gasteiger partial charge on any atom is -0.495 e. The van der Waals surface area contributed by atoms with E-state index in [2.05, 4.69) is 5.32 Å². The molecule has 4 nitrogen and oxygen atoms in total. The van der Waals surface area contributed by atoms with Crippen molar-refractivity contribution >= 4 is 29.7 Å². The number of rotatable bonds is 6. The molecule has 2 rings (SSSR count). The van der Waals surface area contributed by atoms with Crippen LogP contribution in [-0.4, -0.2) is 32.0 Å². The maximum absolute atomic E-state index is 13.1. The van der Waals surface area contributed by atoms with Crippen molar-refractivity contribution < 1.29 is 18.3 Å². The average Bonchev–Trinajstić information content (AvgIpc) is 2.98.